The van der Waals surface area contributed by atoms with Crippen molar-refractivity contribution in [3.8, 4) is 0 Å². The fourth-order valence-electron chi connectivity index (χ4n) is 2.00. The Bertz CT molecular complexity index is 384. The van der Waals surface area contributed by atoms with Gasteiger partial charge in [0, 0.05) is 25.6 Å². The van der Waals surface area contributed by atoms with Crippen LogP contribution < -0.4 is 16.2 Å². The third-order valence-corrected chi connectivity index (χ3v) is 2.87. The molecule has 1 aromatic heterocycles. The minimum atomic E-state index is -0.256. The minimum absolute atomic E-state index is 0.256. The summed E-state index contributed by atoms with van der Waals surface area (Å²) in [7, 11) is 0. The molecule has 1 atom stereocenters. The summed E-state index contributed by atoms with van der Waals surface area (Å²) < 4.78 is 0. The van der Waals surface area contributed by atoms with Gasteiger partial charge in [-0.3, -0.25) is 0 Å². The lowest BCUT2D eigenvalue weighted by Gasteiger charge is -2.18. The second-order valence-electron chi connectivity index (χ2n) is 4.31. The van der Waals surface area contributed by atoms with E-state index in [4.69, 9.17) is 5.84 Å². The first-order valence-corrected chi connectivity index (χ1v) is 6.00. The Morgan fingerprint density at radius 3 is 3.00 bits per heavy atom. The summed E-state index contributed by atoms with van der Waals surface area (Å²) >= 11 is 0. The Balaban J connectivity index is 2.23. The van der Waals surface area contributed by atoms with Gasteiger partial charge in [-0.25, -0.2) is 15.8 Å². The number of nitrogens with two attached hydrogens (primary N) is 1. The number of hydrazine groups is 1. The standard InChI is InChI=1S/C11H19N5O/c1-2-3-9-13-10(15-12)6-11(14-9)16-5-4-8(17)7-16/h6,8,17H,2-5,7,12H2,1H3,(H,13,14,15). The van der Waals surface area contributed by atoms with Gasteiger partial charge in [-0.05, 0) is 12.8 Å². The molecule has 1 aliphatic heterocycles. The van der Waals surface area contributed by atoms with E-state index >= 15 is 0 Å². The van der Waals surface area contributed by atoms with Crippen molar-refractivity contribution in [3.63, 3.8) is 0 Å². The molecule has 0 aliphatic carbocycles. The van der Waals surface area contributed by atoms with E-state index in [9.17, 15) is 5.11 Å². The highest BCUT2D eigenvalue weighted by molar-refractivity contribution is 5.49. The van der Waals surface area contributed by atoms with Gasteiger partial charge in [0.2, 0.25) is 0 Å². The van der Waals surface area contributed by atoms with Crippen molar-refractivity contribution in [2.75, 3.05) is 23.4 Å². The molecule has 0 spiro atoms. The van der Waals surface area contributed by atoms with Crippen LogP contribution in [0.2, 0.25) is 0 Å². The zero-order valence-electron chi connectivity index (χ0n) is 10.1. The Kier molecular flexibility index (Phi) is 3.75. The average molecular weight is 237 g/mol. The number of nitrogens with one attached hydrogen (secondary N) is 1. The first-order chi connectivity index (χ1) is 8.22. The van der Waals surface area contributed by atoms with Crippen molar-refractivity contribution in [2.24, 2.45) is 5.84 Å². The summed E-state index contributed by atoms with van der Waals surface area (Å²) in [5.41, 5.74) is 2.56. The van der Waals surface area contributed by atoms with Crippen molar-refractivity contribution in [2.45, 2.75) is 32.3 Å². The minimum Gasteiger partial charge on any atom is -0.391 e. The highest BCUT2D eigenvalue weighted by atomic mass is 16.3. The van der Waals surface area contributed by atoms with Gasteiger partial charge in [-0.15, -0.1) is 0 Å². The van der Waals surface area contributed by atoms with Crippen LogP contribution in [0.4, 0.5) is 11.6 Å². The summed E-state index contributed by atoms with van der Waals surface area (Å²) in [4.78, 5) is 10.9. The molecule has 0 radical (unpaired) electrons. The second-order valence-corrected chi connectivity index (χ2v) is 4.31. The zero-order chi connectivity index (χ0) is 12.3. The number of aliphatic hydroxyl groups is 1. The van der Waals surface area contributed by atoms with E-state index in [0.717, 1.165) is 37.4 Å². The van der Waals surface area contributed by atoms with E-state index in [1.54, 1.807) is 0 Å². The first-order valence-electron chi connectivity index (χ1n) is 6.00. The maximum Gasteiger partial charge on any atom is 0.145 e. The molecule has 6 heteroatoms. The molecular formula is C11H19N5O. The van der Waals surface area contributed by atoms with Gasteiger partial charge >= 0.3 is 0 Å². The van der Waals surface area contributed by atoms with E-state index in [0.29, 0.717) is 12.4 Å². The van der Waals surface area contributed by atoms with Crippen LogP contribution in [0.3, 0.4) is 0 Å². The Morgan fingerprint density at radius 2 is 2.41 bits per heavy atom. The lowest BCUT2D eigenvalue weighted by Crippen LogP contribution is -2.23. The molecule has 1 saturated heterocycles. The summed E-state index contributed by atoms with van der Waals surface area (Å²) in [5, 5.41) is 9.53. The van der Waals surface area contributed by atoms with Gasteiger partial charge in [-0.1, -0.05) is 6.92 Å². The van der Waals surface area contributed by atoms with E-state index in [2.05, 4.69) is 27.2 Å². The molecule has 17 heavy (non-hydrogen) atoms. The predicted molar refractivity (Wildman–Crippen MR) is 66.7 cm³/mol. The Morgan fingerprint density at radius 1 is 1.59 bits per heavy atom. The van der Waals surface area contributed by atoms with E-state index in [1.165, 1.54) is 0 Å². The lowest BCUT2D eigenvalue weighted by molar-refractivity contribution is 0.198. The number of rotatable bonds is 4. The van der Waals surface area contributed by atoms with Crippen LogP contribution in [0, 0.1) is 0 Å². The SMILES string of the molecule is CCCc1nc(NN)cc(N2CCC(O)C2)n1. The predicted octanol–water partition coefficient (Wildman–Crippen LogP) is 0.286. The molecule has 0 bridgehead atoms. The molecule has 0 aromatic carbocycles. The topological polar surface area (TPSA) is 87.3 Å². The number of hydrogen-bond donors (Lipinski definition) is 3. The van der Waals surface area contributed by atoms with Gasteiger partial charge < -0.3 is 15.4 Å². The summed E-state index contributed by atoms with van der Waals surface area (Å²) in [5.74, 6) is 7.66. The molecule has 2 rings (SSSR count). The summed E-state index contributed by atoms with van der Waals surface area (Å²) in [6.45, 7) is 3.55. The molecule has 1 aliphatic rings. The molecule has 0 saturated carbocycles. The number of aromatic nitrogens is 2. The molecule has 94 valence electrons. The highest BCUT2D eigenvalue weighted by Gasteiger charge is 2.22. The van der Waals surface area contributed by atoms with Crippen LogP contribution in [0.1, 0.15) is 25.6 Å². The monoisotopic (exact) mass is 237 g/mol. The number of aryl methyl sites for hydroxylation is 1. The maximum absolute atomic E-state index is 9.53. The van der Waals surface area contributed by atoms with E-state index in [-0.39, 0.29) is 6.10 Å². The quantitative estimate of drug-likeness (QED) is 0.515. The number of nitrogens with zero attached hydrogens (tertiary/aromatic N) is 3. The van der Waals surface area contributed by atoms with Crippen molar-refractivity contribution < 1.29 is 5.11 Å². The van der Waals surface area contributed by atoms with Crippen LogP contribution in [0.25, 0.3) is 0 Å². The van der Waals surface area contributed by atoms with E-state index in [1.807, 2.05) is 6.07 Å². The molecule has 0 amide bonds. The molecule has 1 unspecified atom stereocenters. The van der Waals surface area contributed by atoms with Crippen LogP contribution >= 0.6 is 0 Å². The smallest absolute Gasteiger partial charge is 0.145 e. The van der Waals surface area contributed by atoms with Crippen molar-refractivity contribution >= 4 is 11.6 Å². The lowest BCUT2D eigenvalue weighted by atomic mass is 10.3. The summed E-state index contributed by atoms with van der Waals surface area (Å²) in [6, 6.07) is 1.82. The summed E-state index contributed by atoms with van der Waals surface area (Å²) in [6.07, 6.45) is 2.36. The molecule has 6 nitrogen and oxygen atoms in total. The molecule has 2 heterocycles. The number of nitrogen functional groups attached to an aromatic ring is 1. The van der Waals surface area contributed by atoms with Gasteiger partial charge in [-0.2, -0.15) is 0 Å². The second kappa shape index (κ2) is 5.29. The average Bonchev–Trinajstić information content (AvgIpc) is 2.76. The third-order valence-electron chi connectivity index (χ3n) is 2.87. The Labute approximate surface area is 101 Å². The zero-order valence-corrected chi connectivity index (χ0v) is 10.1. The van der Waals surface area contributed by atoms with E-state index < -0.39 is 0 Å². The van der Waals surface area contributed by atoms with Crippen molar-refractivity contribution in [3.05, 3.63) is 11.9 Å². The number of hydrogen-bond acceptors (Lipinski definition) is 6. The fourth-order valence-corrected chi connectivity index (χ4v) is 2.00. The van der Waals surface area contributed by atoms with Crippen LogP contribution in [0.15, 0.2) is 6.07 Å². The third kappa shape index (κ3) is 2.83. The Hall–Kier alpha value is -1.40. The van der Waals surface area contributed by atoms with Crippen LogP contribution in [-0.4, -0.2) is 34.3 Å². The number of β-amino-alcohol motifs (C(OH)–C–C–N with tert-alkyl or cyclic N) is 1. The van der Waals surface area contributed by atoms with Gasteiger partial charge in [0.15, 0.2) is 0 Å². The fraction of sp³-hybridized carbons (Fsp3) is 0.636. The maximum atomic E-state index is 9.53. The number of aliphatic hydroxyl groups excluding tert-OH is 1. The number of anilines is 2. The van der Waals surface area contributed by atoms with Gasteiger partial charge in [0.05, 0.1) is 6.10 Å². The molecular weight excluding hydrogens is 218 g/mol. The molecule has 1 fully saturated rings. The van der Waals surface area contributed by atoms with Gasteiger partial charge in [0.1, 0.15) is 17.5 Å². The molecule has 4 N–H and O–H groups in total. The highest BCUT2D eigenvalue weighted by Crippen LogP contribution is 2.20. The van der Waals surface area contributed by atoms with Crippen LogP contribution in [-0.2, 0) is 6.42 Å². The van der Waals surface area contributed by atoms with Crippen LogP contribution in [0.5, 0.6) is 0 Å². The normalized spacial score (nSPS) is 19.7. The van der Waals surface area contributed by atoms with Crippen molar-refractivity contribution in [1.29, 1.82) is 0 Å². The van der Waals surface area contributed by atoms with Crippen molar-refractivity contribution in [1.82, 2.24) is 9.97 Å². The largest absolute Gasteiger partial charge is 0.391 e. The van der Waals surface area contributed by atoms with Gasteiger partial charge in [0.25, 0.3) is 0 Å². The molecule has 1 aromatic rings. The first kappa shape index (κ1) is 12.1.